The Labute approximate surface area is 140 Å². The molecule has 0 aromatic heterocycles. The molecule has 0 aliphatic heterocycles. The maximum absolute atomic E-state index is 13.1. The molecule has 0 fully saturated rings. The minimum atomic E-state index is -0.599. The highest BCUT2D eigenvalue weighted by molar-refractivity contribution is 6.30. The van der Waals surface area contributed by atoms with Crippen LogP contribution in [0.25, 0.3) is 0 Å². The molecule has 0 saturated heterocycles. The standard InChI is InChI=1S/C14H10Cl2FN3O3/c15-7-14(18)19-8-3-9(20(21)22)5-11(4-8)23-10-1-2-13(17)12(16)6-10/h1-6H,7H2,(H2,18,19). The van der Waals surface area contributed by atoms with Gasteiger partial charge in [-0.1, -0.05) is 11.6 Å². The first-order valence-corrected chi connectivity index (χ1v) is 7.11. The SMILES string of the molecule is NC(CCl)=Nc1cc(Oc2ccc(F)c(Cl)c2)cc([N+](=O)[O-])c1. The summed E-state index contributed by atoms with van der Waals surface area (Å²) in [6, 6.07) is 7.59. The molecular formula is C14H10Cl2FN3O3. The van der Waals surface area contributed by atoms with Crippen molar-refractivity contribution in [3.63, 3.8) is 0 Å². The van der Waals surface area contributed by atoms with Gasteiger partial charge < -0.3 is 10.5 Å². The Hall–Kier alpha value is -2.38. The fraction of sp³-hybridized carbons (Fsp3) is 0.0714. The molecular weight excluding hydrogens is 348 g/mol. The summed E-state index contributed by atoms with van der Waals surface area (Å²) in [4.78, 5) is 14.3. The number of nitro benzene ring substituents is 1. The number of nitro groups is 1. The van der Waals surface area contributed by atoms with Gasteiger partial charge in [0.1, 0.15) is 23.2 Å². The number of hydrogen-bond donors (Lipinski definition) is 1. The lowest BCUT2D eigenvalue weighted by Crippen LogP contribution is -2.12. The number of benzene rings is 2. The Balaban J connectivity index is 2.40. The number of non-ortho nitro benzene ring substituents is 1. The Bertz CT molecular complexity index is 784. The molecule has 0 aliphatic rings. The lowest BCUT2D eigenvalue weighted by Gasteiger charge is -2.07. The monoisotopic (exact) mass is 357 g/mol. The number of aliphatic imine (C=N–C) groups is 1. The number of amidine groups is 1. The van der Waals surface area contributed by atoms with Crippen molar-refractivity contribution in [2.24, 2.45) is 10.7 Å². The molecule has 0 spiro atoms. The third-order valence-electron chi connectivity index (χ3n) is 2.62. The number of halogens is 3. The Kier molecular flexibility index (Phi) is 5.36. The zero-order valence-corrected chi connectivity index (χ0v) is 13.0. The normalized spacial score (nSPS) is 11.3. The second-order valence-corrected chi connectivity index (χ2v) is 5.03. The van der Waals surface area contributed by atoms with Crippen LogP contribution < -0.4 is 10.5 Å². The summed E-state index contributed by atoms with van der Waals surface area (Å²) >= 11 is 11.2. The quantitative estimate of drug-likeness (QED) is 0.282. The predicted octanol–water partition coefficient (Wildman–Crippen LogP) is 4.41. The molecule has 0 bridgehead atoms. The van der Waals surface area contributed by atoms with Crippen LogP contribution in [0.2, 0.25) is 5.02 Å². The second kappa shape index (κ2) is 7.26. The van der Waals surface area contributed by atoms with Gasteiger partial charge in [-0.3, -0.25) is 10.1 Å². The fourth-order valence-corrected chi connectivity index (χ4v) is 1.90. The third kappa shape index (κ3) is 4.54. The van der Waals surface area contributed by atoms with E-state index >= 15 is 0 Å². The van der Waals surface area contributed by atoms with Crippen LogP contribution >= 0.6 is 23.2 Å². The van der Waals surface area contributed by atoms with Gasteiger partial charge in [-0.15, -0.1) is 11.6 Å². The van der Waals surface area contributed by atoms with E-state index in [0.717, 1.165) is 6.07 Å². The van der Waals surface area contributed by atoms with Crippen LogP contribution in [-0.4, -0.2) is 16.6 Å². The van der Waals surface area contributed by atoms with Gasteiger partial charge in [-0.25, -0.2) is 9.38 Å². The highest BCUT2D eigenvalue weighted by Crippen LogP contribution is 2.32. The zero-order valence-electron chi connectivity index (χ0n) is 11.5. The van der Waals surface area contributed by atoms with Crippen molar-refractivity contribution in [3.8, 4) is 11.5 Å². The van der Waals surface area contributed by atoms with E-state index in [0.29, 0.717) is 0 Å². The van der Waals surface area contributed by atoms with Crippen LogP contribution in [0.3, 0.4) is 0 Å². The van der Waals surface area contributed by atoms with Gasteiger partial charge in [-0.2, -0.15) is 0 Å². The van der Waals surface area contributed by atoms with E-state index in [1.807, 2.05) is 0 Å². The molecule has 0 saturated carbocycles. The largest absolute Gasteiger partial charge is 0.457 e. The van der Waals surface area contributed by atoms with Crippen molar-refractivity contribution < 1.29 is 14.1 Å². The summed E-state index contributed by atoms with van der Waals surface area (Å²) in [6.07, 6.45) is 0. The third-order valence-corrected chi connectivity index (χ3v) is 3.19. The first-order chi connectivity index (χ1) is 10.9. The average Bonchev–Trinajstić information content (AvgIpc) is 2.50. The van der Waals surface area contributed by atoms with Crippen LogP contribution in [0.4, 0.5) is 15.8 Å². The smallest absolute Gasteiger partial charge is 0.275 e. The number of rotatable bonds is 5. The Morgan fingerprint density at radius 3 is 2.65 bits per heavy atom. The predicted molar refractivity (Wildman–Crippen MR) is 86.6 cm³/mol. The van der Waals surface area contributed by atoms with Gasteiger partial charge in [0.05, 0.1) is 27.6 Å². The molecule has 120 valence electrons. The Morgan fingerprint density at radius 1 is 1.30 bits per heavy atom. The lowest BCUT2D eigenvalue weighted by molar-refractivity contribution is -0.384. The lowest BCUT2D eigenvalue weighted by atomic mass is 10.2. The van der Waals surface area contributed by atoms with Crippen molar-refractivity contribution in [2.75, 3.05) is 5.88 Å². The number of ether oxygens (including phenoxy) is 1. The van der Waals surface area contributed by atoms with E-state index in [1.165, 1.54) is 30.3 Å². The molecule has 2 N–H and O–H groups in total. The van der Waals surface area contributed by atoms with E-state index in [4.69, 9.17) is 33.7 Å². The van der Waals surface area contributed by atoms with Crippen molar-refractivity contribution >= 4 is 40.4 Å². The highest BCUT2D eigenvalue weighted by atomic mass is 35.5. The second-order valence-electron chi connectivity index (χ2n) is 4.36. The molecule has 0 heterocycles. The number of hydrogen-bond acceptors (Lipinski definition) is 4. The summed E-state index contributed by atoms with van der Waals surface area (Å²) in [7, 11) is 0. The van der Waals surface area contributed by atoms with Crippen molar-refractivity contribution in [3.05, 3.63) is 57.4 Å². The molecule has 0 unspecified atom stereocenters. The van der Waals surface area contributed by atoms with Crippen LogP contribution in [0.1, 0.15) is 0 Å². The van der Waals surface area contributed by atoms with Gasteiger partial charge in [0, 0.05) is 18.2 Å². The maximum Gasteiger partial charge on any atom is 0.275 e. The summed E-state index contributed by atoms with van der Waals surface area (Å²) in [5.41, 5.74) is 5.49. The van der Waals surface area contributed by atoms with Gasteiger partial charge >= 0.3 is 0 Å². The molecule has 0 radical (unpaired) electrons. The fourth-order valence-electron chi connectivity index (χ4n) is 1.67. The highest BCUT2D eigenvalue weighted by Gasteiger charge is 2.12. The van der Waals surface area contributed by atoms with Gasteiger partial charge in [0.2, 0.25) is 0 Å². The molecule has 9 heteroatoms. The van der Waals surface area contributed by atoms with E-state index in [-0.39, 0.29) is 39.6 Å². The summed E-state index contributed by atoms with van der Waals surface area (Å²) < 4.78 is 18.6. The molecule has 0 amide bonds. The van der Waals surface area contributed by atoms with Crippen LogP contribution in [-0.2, 0) is 0 Å². The van der Waals surface area contributed by atoms with Crippen molar-refractivity contribution in [1.82, 2.24) is 0 Å². The van der Waals surface area contributed by atoms with Crippen molar-refractivity contribution in [2.45, 2.75) is 0 Å². The van der Waals surface area contributed by atoms with Crippen LogP contribution in [0, 0.1) is 15.9 Å². The van der Waals surface area contributed by atoms with Crippen molar-refractivity contribution in [1.29, 1.82) is 0 Å². The molecule has 2 aromatic carbocycles. The molecule has 6 nitrogen and oxygen atoms in total. The molecule has 2 aromatic rings. The Morgan fingerprint density at radius 2 is 2.04 bits per heavy atom. The van der Waals surface area contributed by atoms with E-state index in [9.17, 15) is 14.5 Å². The van der Waals surface area contributed by atoms with E-state index in [1.54, 1.807) is 0 Å². The number of nitrogens with two attached hydrogens (primary N) is 1. The summed E-state index contributed by atoms with van der Waals surface area (Å²) in [5.74, 6) is -0.173. The van der Waals surface area contributed by atoms with Crippen LogP contribution in [0.5, 0.6) is 11.5 Å². The average molecular weight is 358 g/mol. The van der Waals surface area contributed by atoms with Gasteiger partial charge in [0.15, 0.2) is 0 Å². The zero-order chi connectivity index (χ0) is 17.0. The first kappa shape index (κ1) is 17.0. The first-order valence-electron chi connectivity index (χ1n) is 6.20. The molecule has 23 heavy (non-hydrogen) atoms. The minimum absolute atomic E-state index is 0.0214. The number of nitrogens with zero attached hydrogens (tertiary/aromatic N) is 2. The van der Waals surface area contributed by atoms with Gasteiger partial charge in [0.25, 0.3) is 5.69 Å². The molecule has 0 aliphatic carbocycles. The number of alkyl halides is 1. The molecule has 2 rings (SSSR count). The van der Waals surface area contributed by atoms with E-state index < -0.39 is 10.7 Å². The topological polar surface area (TPSA) is 90.8 Å². The van der Waals surface area contributed by atoms with Gasteiger partial charge in [-0.05, 0) is 12.1 Å². The summed E-state index contributed by atoms with van der Waals surface area (Å²) in [6.45, 7) is 0. The minimum Gasteiger partial charge on any atom is -0.457 e. The molecule has 0 atom stereocenters. The maximum atomic E-state index is 13.1. The van der Waals surface area contributed by atoms with E-state index in [2.05, 4.69) is 4.99 Å². The van der Waals surface area contributed by atoms with Crippen LogP contribution in [0.15, 0.2) is 41.4 Å². The summed E-state index contributed by atoms with van der Waals surface area (Å²) in [5, 5.41) is 10.9.